The van der Waals surface area contributed by atoms with Crippen molar-refractivity contribution in [3.63, 3.8) is 0 Å². The molecule has 3 rings (SSSR count). The number of hydrogen-bond acceptors (Lipinski definition) is 5. The van der Waals surface area contributed by atoms with Gasteiger partial charge in [-0.05, 0) is 43.7 Å². The van der Waals surface area contributed by atoms with Crippen molar-refractivity contribution in [2.45, 2.75) is 26.5 Å². The second-order valence-corrected chi connectivity index (χ2v) is 6.41. The van der Waals surface area contributed by atoms with E-state index in [1.54, 1.807) is 44.2 Å². The highest BCUT2D eigenvalue weighted by molar-refractivity contribution is 5.89. The summed E-state index contributed by atoms with van der Waals surface area (Å²) in [7, 11) is 0. The Hall–Kier alpha value is -3.48. The Labute approximate surface area is 155 Å². The summed E-state index contributed by atoms with van der Waals surface area (Å²) in [6, 6.07) is 14.2. The Bertz CT molecular complexity index is 1090. The zero-order valence-corrected chi connectivity index (χ0v) is 14.9. The molecule has 0 unspecified atom stereocenters. The zero-order chi connectivity index (χ0) is 19.6. The number of fused-ring (bicyclic) bond motifs is 1. The van der Waals surface area contributed by atoms with Gasteiger partial charge in [0.2, 0.25) is 0 Å². The van der Waals surface area contributed by atoms with Crippen LogP contribution < -0.4 is 5.56 Å². The number of ether oxygens (including phenoxy) is 1. The number of aromatic nitrogens is 1. The number of non-ortho nitro benzene ring substituents is 1. The fourth-order valence-electron chi connectivity index (χ4n) is 2.83. The van der Waals surface area contributed by atoms with Crippen LogP contribution >= 0.6 is 0 Å². The lowest BCUT2D eigenvalue weighted by Gasteiger charge is -2.12. The van der Waals surface area contributed by atoms with Gasteiger partial charge in [0.25, 0.3) is 11.2 Å². The number of rotatable bonds is 5. The quantitative estimate of drug-likeness (QED) is 0.391. The second-order valence-electron chi connectivity index (χ2n) is 6.41. The summed E-state index contributed by atoms with van der Waals surface area (Å²) >= 11 is 0. The molecule has 0 bridgehead atoms. The molecule has 1 aromatic heterocycles. The largest absolute Gasteiger partial charge is 0.459 e. The molecule has 1 heterocycles. The van der Waals surface area contributed by atoms with Crippen molar-refractivity contribution >= 4 is 22.6 Å². The minimum atomic E-state index is -0.474. The molecule has 0 amide bonds. The Morgan fingerprint density at radius 1 is 1.15 bits per heavy atom. The molecule has 7 heteroatoms. The van der Waals surface area contributed by atoms with E-state index in [1.807, 2.05) is 6.07 Å². The van der Waals surface area contributed by atoms with Gasteiger partial charge >= 0.3 is 5.97 Å². The lowest BCUT2D eigenvalue weighted by molar-refractivity contribution is -0.384. The summed E-state index contributed by atoms with van der Waals surface area (Å²) in [5, 5.41) is 11.6. The van der Waals surface area contributed by atoms with Crippen LogP contribution in [0.5, 0.6) is 0 Å². The van der Waals surface area contributed by atoms with Crippen LogP contribution in [0.15, 0.2) is 59.4 Å². The van der Waals surface area contributed by atoms with Gasteiger partial charge in [-0.3, -0.25) is 14.9 Å². The van der Waals surface area contributed by atoms with Crippen molar-refractivity contribution in [1.29, 1.82) is 0 Å². The van der Waals surface area contributed by atoms with Crippen LogP contribution in [-0.4, -0.2) is 21.6 Å². The highest BCUT2D eigenvalue weighted by Crippen LogP contribution is 2.20. The van der Waals surface area contributed by atoms with Crippen molar-refractivity contribution in [3.8, 4) is 0 Å². The van der Waals surface area contributed by atoms with Crippen LogP contribution in [0.3, 0.4) is 0 Å². The summed E-state index contributed by atoms with van der Waals surface area (Å²) < 4.78 is 6.72. The van der Waals surface area contributed by atoms with Crippen LogP contribution in [0.25, 0.3) is 10.9 Å². The normalized spacial score (nSPS) is 10.9. The molecular weight excluding hydrogens is 348 g/mol. The van der Waals surface area contributed by atoms with E-state index in [2.05, 4.69) is 0 Å². The number of carbonyl (C=O) groups excluding carboxylic acids is 1. The molecule has 0 aliphatic heterocycles. The average molecular weight is 366 g/mol. The molecule has 0 spiro atoms. The topological polar surface area (TPSA) is 91.4 Å². The molecule has 0 saturated heterocycles. The number of nitro groups is 1. The number of nitro benzene ring substituents is 1. The highest BCUT2D eigenvalue weighted by Gasteiger charge is 2.12. The average Bonchev–Trinajstić information content (AvgIpc) is 2.63. The van der Waals surface area contributed by atoms with Gasteiger partial charge in [-0.15, -0.1) is 0 Å². The van der Waals surface area contributed by atoms with Crippen LogP contribution in [-0.2, 0) is 11.3 Å². The number of esters is 1. The molecule has 0 N–H and O–H groups in total. The predicted molar refractivity (Wildman–Crippen MR) is 101 cm³/mol. The predicted octanol–water partition coefficient (Wildman–Crippen LogP) is 3.52. The van der Waals surface area contributed by atoms with E-state index in [4.69, 9.17) is 4.74 Å². The number of benzene rings is 2. The maximum Gasteiger partial charge on any atom is 0.338 e. The van der Waals surface area contributed by atoms with E-state index in [9.17, 15) is 19.7 Å². The number of hydrogen-bond donors (Lipinski definition) is 0. The number of nitrogens with zero attached hydrogens (tertiary/aromatic N) is 2. The first kappa shape index (κ1) is 18.3. The highest BCUT2D eigenvalue weighted by atomic mass is 16.6. The summed E-state index contributed by atoms with van der Waals surface area (Å²) in [5.74, 6) is -0.423. The second kappa shape index (κ2) is 7.41. The van der Waals surface area contributed by atoms with Gasteiger partial charge < -0.3 is 9.30 Å². The first-order valence-electron chi connectivity index (χ1n) is 8.43. The van der Waals surface area contributed by atoms with Gasteiger partial charge in [0.05, 0.1) is 28.7 Å². The molecule has 0 radical (unpaired) electrons. The first-order valence-corrected chi connectivity index (χ1v) is 8.43. The SMILES string of the molecule is CC(C)OC(=O)c1cccc(Cn2c(=O)ccc3cc([N+](=O)[O-])ccc32)c1. The van der Waals surface area contributed by atoms with Crippen molar-refractivity contribution in [3.05, 3.63) is 86.2 Å². The summed E-state index contributed by atoms with van der Waals surface area (Å²) in [6.45, 7) is 3.78. The van der Waals surface area contributed by atoms with Crippen LogP contribution in [0.4, 0.5) is 5.69 Å². The van der Waals surface area contributed by atoms with Gasteiger partial charge in [-0.25, -0.2) is 4.79 Å². The molecule has 0 aliphatic carbocycles. The van der Waals surface area contributed by atoms with Crippen molar-refractivity contribution < 1.29 is 14.5 Å². The molecule has 138 valence electrons. The van der Waals surface area contributed by atoms with E-state index in [0.717, 1.165) is 5.56 Å². The standard InChI is InChI=1S/C20H18N2O5/c1-13(2)27-20(24)16-5-3-4-14(10-16)12-21-18-8-7-17(22(25)26)11-15(18)6-9-19(21)23/h3-11,13H,12H2,1-2H3. The lowest BCUT2D eigenvalue weighted by Crippen LogP contribution is -2.20. The first-order chi connectivity index (χ1) is 12.8. The third-order valence-corrected chi connectivity index (χ3v) is 4.03. The third kappa shape index (κ3) is 4.03. The summed E-state index contributed by atoms with van der Waals surface area (Å²) in [4.78, 5) is 34.9. The van der Waals surface area contributed by atoms with Gasteiger partial charge in [0.15, 0.2) is 0 Å². The molecular formula is C20H18N2O5. The Balaban J connectivity index is 1.99. The number of pyridine rings is 1. The van der Waals surface area contributed by atoms with E-state index in [0.29, 0.717) is 16.5 Å². The van der Waals surface area contributed by atoms with Crippen LogP contribution in [0.1, 0.15) is 29.8 Å². The van der Waals surface area contributed by atoms with Gasteiger partial charge in [0.1, 0.15) is 0 Å². The van der Waals surface area contributed by atoms with E-state index in [1.165, 1.54) is 22.8 Å². The van der Waals surface area contributed by atoms with Gasteiger partial charge in [0, 0.05) is 23.6 Å². The van der Waals surface area contributed by atoms with E-state index in [-0.39, 0.29) is 23.9 Å². The monoisotopic (exact) mass is 366 g/mol. The van der Waals surface area contributed by atoms with Crippen LogP contribution in [0, 0.1) is 10.1 Å². The van der Waals surface area contributed by atoms with Crippen molar-refractivity contribution in [2.24, 2.45) is 0 Å². The lowest BCUT2D eigenvalue weighted by atomic mass is 10.1. The maximum atomic E-state index is 12.4. The fourth-order valence-corrected chi connectivity index (χ4v) is 2.83. The van der Waals surface area contributed by atoms with E-state index < -0.39 is 10.9 Å². The smallest absolute Gasteiger partial charge is 0.338 e. The summed E-state index contributed by atoms with van der Waals surface area (Å²) in [5.41, 5.74) is 1.48. The van der Waals surface area contributed by atoms with E-state index >= 15 is 0 Å². The molecule has 27 heavy (non-hydrogen) atoms. The molecule has 0 aliphatic rings. The minimum absolute atomic E-state index is 0.0360. The van der Waals surface area contributed by atoms with Gasteiger partial charge in [-0.1, -0.05) is 12.1 Å². The van der Waals surface area contributed by atoms with Gasteiger partial charge in [-0.2, -0.15) is 0 Å². The summed E-state index contributed by atoms with van der Waals surface area (Å²) in [6.07, 6.45) is -0.224. The number of carbonyl (C=O) groups is 1. The third-order valence-electron chi connectivity index (χ3n) is 4.03. The van der Waals surface area contributed by atoms with Crippen molar-refractivity contribution in [2.75, 3.05) is 0 Å². The minimum Gasteiger partial charge on any atom is -0.459 e. The molecule has 0 fully saturated rings. The Kier molecular flexibility index (Phi) is 5.03. The fraction of sp³-hybridized carbons (Fsp3) is 0.200. The Morgan fingerprint density at radius 3 is 2.63 bits per heavy atom. The van der Waals surface area contributed by atoms with Crippen LogP contribution in [0.2, 0.25) is 0 Å². The molecule has 0 atom stereocenters. The maximum absolute atomic E-state index is 12.4. The molecule has 7 nitrogen and oxygen atoms in total. The van der Waals surface area contributed by atoms with Crippen molar-refractivity contribution in [1.82, 2.24) is 4.57 Å². The molecule has 2 aromatic carbocycles. The molecule has 3 aromatic rings. The molecule has 0 saturated carbocycles. The Morgan fingerprint density at radius 2 is 1.93 bits per heavy atom. The zero-order valence-electron chi connectivity index (χ0n) is 14.9.